The Morgan fingerprint density at radius 3 is 2.69 bits per heavy atom. The van der Waals surface area contributed by atoms with Crippen LogP contribution in [0.2, 0.25) is 0 Å². The zero-order valence-electron chi connectivity index (χ0n) is 22.1. The Balaban J connectivity index is 1.71. The lowest BCUT2D eigenvalue weighted by molar-refractivity contribution is -0.0568. The number of likely N-dealkylation sites (tertiary alicyclic amines) is 1. The fraction of sp³-hybridized carbons (Fsp3) is 0.750. The fourth-order valence-electron chi connectivity index (χ4n) is 6.07. The van der Waals surface area contributed by atoms with Gasteiger partial charge in [-0.3, -0.25) is 0 Å². The van der Waals surface area contributed by atoms with Gasteiger partial charge in [-0.05, 0) is 75.6 Å². The number of aliphatic hydroxyl groups is 2. The Labute approximate surface area is 215 Å². The van der Waals surface area contributed by atoms with E-state index in [2.05, 4.69) is 10.6 Å². The van der Waals surface area contributed by atoms with Crippen LogP contribution in [-0.2, 0) is 10.3 Å². The van der Waals surface area contributed by atoms with Crippen LogP contribution in [0.25, 0.3) is 0 Å². The van der Waals surface area contributed by atoms with Crippen LogP contribution in [0.5, 0.6) is 0 Å². The van der Waals surface area contributed by atoms with Crippen LogP contribution in [-0.4, -0.2) is 73.7 Å². The summed E-state index contributed by atoms with van der Waals surface area (Å²) in [6.45, 7) is 2.08. The number of nitrogens with one attached hydrogen (secondary N) is 2. The first kappa shape index (κ1) is 28.8. The molecule has 1 aromatic carbocycles. The van der Waals surface area contributed by atoms with Crippen LogP contribution in [0.15, 0.2) is 24.3 Å². The summed E-state index contributed by atoms with van der Waals surface area (Å²) in [6, 6.07) is 5.63. The normalized spacial score (nSPS) is 22.6. The number of piperidine rings is 1. The number of benzene rings is 1. The first-order valence-corrected chi connectivity index (χ1v) is 13.7. The van der Waals surface area contributed by atoms with E-state index < -0.39 is 11.7 Å². The van der Waals surface area contributed by atoms with E-state index in [4.69, 9.17) is 4.74 Å². The predicted octanol–water partition coefficient (Wildman–Crippen LogP) is 3.78. The molecule has 0 aromatic heterocycles. The standard InChI is InChI=1S/C28H46FN3O4/c1-30-19-25(26(33)21-10-4-3-5-11-21)31-27(34)32-16-9-13-23(20-32)28(35,15-6-7-17-36-2)22-12-8-14-24(29)18-22/h8,12,14,18,21,23,25-26,30,33,35H,3-7,9-11,13,15-17,19-20H2,1-2H3,(H,31,34)/t23-,25-,26-,28-/m1/s1. The Morgan fingerprint density at radius 1 is 1.22 bits per heavy atom. The van der Waals surface area contributed by atoms with Crippen LogP contribution in [0.1, 0.15) is 69.8 Å². The second-order valence-corrected chi connectivity index (χ2v) is 10.7. The van der Waals surface area contributed by atoms with Gasteiger partial charge in [-0.1, -0.05) is 31.4 Å². The molecule has 0 spiro atoms. The van der Waals surface area contributed by atoms with E-state index in [0.717, 1.165) is 51.4 Å². The molecule has 2 fully saturated rings. The molecule has 7 nitrogen and oxygen atoms in total. The molecule has 0 radical (unpaired) electrons. The number of ether oxygens (including phenoxy) is 1. The van der Waals surface area contributed by atoms with Gasteiger partial charge < -0.3 is 30.5 Å². The number of amides is 2. The minimum absolute atomic E-state index is 0.205. The molecular weight excluding hydrogens is 461 g/mol. The Kier molecular flexibility index (Phi) is 11.4. The van der Waals surface area contributed by atoms with Crippen molar-refractivity contribution in [2.24, 2.45) is 11.8 Å². The summed E-state index contributed by atoms with van der Waals surface area (Å²) in [4.78, 5) is 15.1. The molecule has 1 heterocycles. The van der Waals surface area contributed by atoms with E-state index >= 15 is 0 Å². The molecule has 1 aliphatic heterocycles. The summed E-state index contributed by atoms with van der Waals surface area (Å²) in [6.07, 6.45) is 8.38. The Hall–Kier alpha value is -1.74. The third-order valence-electron chi connectivity index (χ3n) is 8.14. The summed E-state index contributed by atoms with van der Waals surface area (Å²) in [7, 11) is 3.48. The maximum Gasteiger partial charge on any atom is 0.317 e. The van der Waals surface area contributed by atoms with Crippen LogP contribution in [0, 0.1) is 17.7 Å². The number of carbonyl (C=O) groups is 1. The molecule has 8 heteroatoms. The lowest BCUT2D eigenvalue weighted by Crippen LogP contribution is -2.57. The SMILES string of the molecule is CNC[C@@H](NC(=O)N1CCC[C@@H]([C@@](O)(CCCCOC)c2cccc(F)c2)C1)[C@H](O)C1CCCCC1. The van der Waals surface area contributed by atoms with Gasteiger partial charge in [0.05, 0.1) is 17.7 Å². The van der Waals surface area contributed by atoms with Gasteiger partial charge in [-0.15, -0.1) is 0 Å². The highest BCUT2D eigenvalue weighted by molar-refractivity contribution is 5.74. The largest absolute Gasteiger partial charge is 0.391 e. The summed E-state index contributed by atoms with van der Waals surface area (Å²) in [5, 5.41) is 29.2. The van der Waals surface area contributed by atoms with Crippen molar-refractivity contribution in [3.05, 3.63) is 35.6 Å². The summed E-state index contributed by atoms with van der Waals surface area (Å²) in [5.74, 6) is -0.385. The first-order valence-electron chi connectivity index (χ1n) is 13.7. The second-order valence-electron chi connectivity index (χ2n) is 10.7. The summed E-state index contributed by atoms with van der Waals surface area (Å²) >= 11 is 0. The highest BCUT2D eigenvalue weighted by Crippen LogP contribution is 2.40. The Morgan fingerprint density at radius 2 is 2.00 bits per heavy atom. The van der Waals surface area contributed by atoms with Gasteiger partial charge >= 0.3 is 6.03 Å². The number of rotatable bonds is 12. The van der Waals surface area contributed by atoms with E-state index in [9.17, 15) is 19.4 Å². The summed E-state index contributed by atoms with van der Waals surface area (Å²) < 4.78 is 19.3. The van der Waals surface area contributed by atoms with Gasteiger partial charge in [0.15, 0.2) is 0 Å². The minimum Gasteiger partial charge on any atom is -0.391 e. The number of aliphatic hydroxyl groups excluding tert-OH is 1. The molecule has 2 amide bonds. The number of halogens is 1. The number of unbranched alkanes of at least 4 members (excludes halogenated alkanes) is 1. The molecule has 4 N–H and O–H groups in total. The van der Waals surface area contributed by atoms with Crippen molar-refractivity contribution in [3.63, 3.8) is 0 Å². The second kappa shape index (κ2) is 14.3. The molecule has 2 aliphatic rings. The van der Waals surface area contributed by atoms with Crippen molar-refractivity contribution in [3.8, 4) is 0 Å². The van der Waals surface area contributed by atoms with Gasteiger partial charge in [0.25, 0.3) is 0 Å². The molecule has 0 unspecified atom stereocenters. The van der Waals surface area contributed by atoms with Crippen molar-refractivity contribution >= 4 is 6.03 Å². The molecule has 1 aromatic rings. The number of hydrogen-bond donors (Lipinski definition) is 4. The van der Waals surface area contributed by atoms with Crippen LogP contribution >= 0.6 is 0 Å². The third kappa shape index (κ3) is 7.63. The van der Waals surface area contributed by atoms with Gasteiger partial charge in [0, 0.05) is 39.3 Å². The molecule has 3 rings (SSSR count). The average molecular weight is 508 g/mol. The zero-order valence-corrected chi connectivity index (χ0v) is 22.1. The van der Waals surface area contributed by atoms with Crippen LogP contribution < -0.4 is 10.6 Å². The van der Waals surface area contributed by atoms with Crippen LogP contribution in [0.3, 0.4) is 0 Å². The number of hydrogen-bond acceptors (Lipinski definition) is 5. The van der Waals surface area contributed by atoms with E-state index in [1.54, 1.807) is 24.1 Å². The first-order chi connectivity index (χ1) is 17.4. The zero-order chi connectivity index (χ0) is 26.0. The summed E-state index contributed by atoms with van der Waals surface area (Å²) in [5.41, 5.74) is -0.672. The van der Waals surface area contributed by atoms with Gasteiger partial charge in [0.2, 0.25) is 0 Å². The number of methoxy groups -OCH3 is 1. The number of likely N-dealkylation sites (N-methyl/N-ethyl adjacent to an activating group) is 1. The Bertz CT molecular complexity index is 807. The average Bonchev–Trinajstić information content (AvgIpc) is 2.91. The van der Waals surface area contributed by atoms with Gasteiger partial charge in [0.1, 0.15) is 5.82 Å². The minimum atomic E-state index is -1.24. The van der Waals surface area contributed by atoms with Crippen molar-refractivity contribution in [1.82, 2.24) is 15.5 Å². The van der Waals surface area contributed by atoms with Crippen LogP contribution in [0.4, 0.5) is 9.18 Å². The molecule has 1 saturated carbocycles. The molecular formula is C28H46FN3O4. The number of urea groups is 1. The maximum atomic E-state index is 14.1. The maximum absolute atomic E-state index is 14.1. The highest BCUT2D eigenvalue weighted by atomic mass is 19.1. The number of nitrogens with zero attached hydrogens (tertiary/aromatic N) is 1. The predicted molar refractivity (Wildman–Crippen MR) is 139 cm³/mol. The molecule has 1 aliphatic carbocycles. The van der Waals surface area contributed by atoms with E-state index in [-0.39, 0.29) is 29.7 Å². The molecule has 36 heavy (non-hydrogen) atoms. The van der Waals surface area contributed by atoms with Crippen molar-refractivity contribution in [2.75, 3.05) is 40.4 Å². The van der Waals surface area contributed by atoms with Crippen molar-refractivity contribution in [1.29, 1.82) is 0 Å². The lowest BCUT2D eigenvalue weighted by Gasteiger charge is -2.43. The van der Waals surface area contributed by atoms with E-state index in [1.807, 2.05) is 7.05 Å². The van der Waals surface area contributed by atoms with Gasteiger partial charge in [-0.2, -0.15) is 0 Å². The van der Waals surface area contributed by atoms with Gasteiger partial charge in [-0.25, -0.2) is 9.18 Å². The molecule has 0 bridgehead atoms. The van der Waals surface area contributed by atoms with E-state index in [0.29, 0.717) is 38.2 Å². The topological polar surface area (TPSA) is 94.1 Å². The monoisotopic (exact) mass is 507 g/mol. The third-order valence-corrected chi connectivity index (χ3v) is 8.14. The highest BCUT2D eigenvalue weighted by Gasteiger charge is 2.42. The lowest BCUT2D eigenvalue weighted by atomic mass is 9.74. The quantitative estimate of drug-likeness (QED) is 0.323. The molecule has 4 atom stereocenters. The molecule has 204 valence electrons. The van der Waals surface area contributed by atoms with E-state index in [1.165, 1.54) is 18.6 Å². The van der Waals surface area contributed by atoms with Crippen molar-refractivity contribution < 1.29 is 24.1 Å². The smallest absolute Gasteiger partial charge is 0.317 e. The fourth-order valence-corrected chi connectivity index (χ4v) is 6.07. The number of carbonyl (C=O) groups excluding carboxylic acids is 1. The molecule has 1 saturated heterocycles. The van der Waals surface area contributed by atoms with Crippen molar-refractivity contribution in [2.45, 2.75) is 82.0 Å².